The zero-order valence-electron chi connectivity index (χ0n) is 16.6. The second-order valence-electron chi connectivity index (χ2n) is 9.82. The van der Waals surface area contributed by atoms with Gasteiger partial charge >= 0.3 is 0 Å². The molecule has 1 atom stereocenters. The Kier molecular flexibility index (Phi) is 9.16. The van der Waals surface area contributed by atoms with Gasteiger partial charge in [0.25, 0.3) is 0 Å². The van der Waals surface area contributed by atoms with Gasteiger partial charge in [-0.25, -0.2) is 0 Å². The third kappa shape index (κ3) is 12.2. The highest BCUT2D eigenvalue weighted by atomic mass is 15.3. The van der Waals surface area contributed by atoms with Gasteiger partial charge in [0.1, 0.15) is 0 Å². The molecule has 1 unspecified atom stereocenters. The van der Waals surface area contributed by atoms with Crippen molar-refractivity contribution in [2.75, 3.05) is 26.7 Å². The number of hydrogen-bond donors (Lipinski definition) is 0. The fraction of sp³-hybridized carbons (Fsp3) is 1.00. The summed E-state index contributed by atoms with van der Waals surface area (Å²) in [4.78, 5) is 0. The van der Waals surface area contributed by atoms with Crippen LogP contribution in [0.3, 0.4) is 0 Å². The van der Waals surface area contributed by atoms with Gasteiger partial charge in [0.2, 0.25) is 0 Å². The van der Waals surface area contributed by atoms with Crippen LogP contribution in [0.15, 0.2) is 0 Å². The Balaban J connectivity index is 4.49. The van der Waals surface area contributed by atoms with Crippen LogP contribution in [0.2, 0.25) is 0 Å². The molecule has 0 aromatic heterocycles. The van der Waals surface area contributed by atoms with Crippen LogP contribution in [0.5, 0.6) is 0 Å². The Morgan fingerprint density at radius 1 is 0.762 bits per heavy atom. The van der Waals surface area contributed by atoms with Crippen molar-refractivity contribution in [2.24, 2.45) is 23.2 Å². The topological polar surface area (TPSA) is 0 Å². The highest BCUT2D eigenvalue weighted by Gasteiger charge is 2.25. The van der Waals surface area contributed by atoms with E-state index in [1.807, 2.05) is 0 Å². The molecule has 1 nitrogen and oxygen atoms in total. The van der Waals surface area contributed by atoms with Crippen molar-refractivity contribution in [3.63, 3.8) is 0 Å². The van der Waals surface area contributed by atoms with Crippen LogP contribution >= 0.6 is 0 Å². The summed E-state index contributed by atoms with van der Waals surface area (Å²) in [6, 6.07) is 0. The first-order valence-electron chi connectivity index (χ1n) is 9.27. The third-order valence-corrected chi connectivity index (χ3v) is 4.63. The number of hydrogen-bond acceptors (Lipinski definition) is 0. The molecule has 0 fully saturated rings. The number of nitrogens with zero attached hydrogens (tertiary/aromatic N) is 1. The average molecular weight is 299 g/mol. The van der Waals surface area contributed by atoms with Crippen LogP contribution in [0, 0.1) is 23.2 Å². The molecule has 128 valence electrons. The van der Waals surface area contributed by atoms with Gasteiger partial charge in [-0.2, -0.15) is 0 Å². The normalized spacial score (nSPS) is 15.0. The minimum atomic E-state index is 0.480. The Morgan fingerprint density at radius 3 is 1.52 bits per heavy atom. The van der Waals surface area contributed by atoms with Gasteiger partial charge in [-0.1, -0.05) is 55.4 Å². The number of rotatable bonds is 10. The van der Waals surface area contributed by atoms with Crippen molar-refractivity contribution in [2.45, 2.75) is 81.1 Å². The van der Waals surface area contributed by atoms with Crippen molar-refractivity contribution < 1.29 is 4.48 Å². The van der Waals surface area contributed by atoms with Crippen molar-refractivity contribution in [1.82, 2.24) is 0 Å². The van der Waals surface area contributed by atoms with Crippen molar-refractivity contribution in [3.8, 4) is 0 Å². The Morgan fingerprint density at radius 2 is 1.19 bits per heavy atom. The van der Waals surface area contributed by atoms with Crippen LogP contribution in [0.4, 0.5) is 0 Å². The summed E-state index contributed by atoms with van der Waals surface area (Å²) in [5.41, 5.74) is 0.480. The molecule has 0 amide bonds. The molecule has 0 saturated heterocycles. The first kappa shape index (κ1) is 21.0. The number of quaternary nitrogens is 1. The zero-order valence-corrected chi connectivity index (χ0v) is 16.6. The Bertz CT molecular complexity index is 248. The van der Waals surface area contributed by atoms with E-state index in [2.05, 4.69) is 62.4 Å². The average Bonchev–Trinajstić information content (AvgIpc) is 2.31. The Hall–Kier alpha value is -0.0400. The summed E-state index contributed by atoms with van der Waals surface area (Å²) in [6.45, 7) is 23.1. The van der Waals surface area contributed by atoms with E-state index in [1.54, 1.807) is 0 Å². The molecule has 21 heavy (non-hydrogen) atoms. The predicted octanol–water partition coefficient (Wildman–Crippen LogP) is 5.99. The van der Waals surface area contributed by atoms with Gasteiger partial charge in [0.05, 0.1) is 26.7 Å². The van der Waals surface area contributed by atoms with Gasteiger partial charge in [0.15, 0.2) is 0 Å². The molecule has 0 spiro atoms. The van der Waals surface area contributed by atoms with E-state index in [0.717, 1.165) is 17.8 Å². The lowest BCUT2D eigenvalue weighted by Crippen LogP contribution is -2.49. The molecule has 0 aliphatic carbocycles. The highest BCUT2D eigenvalue weighted by molar-refractivity contribution is 4.64. The van der Waals surface area contributed by atoms with E-state index < -0.39 is 0 Å². The monoisotopic (exact) mass is 298 g/mol. The molecule has 0 aliphatic heterocycles. The van der Waals surface area contributed by atoms with Crippen molar-refractivity contribution in [3.05, 3.63) is 0 Å². The van der Waals surface area contributed by atoms with Gasteiger partial charge in [-0.05, 0) is 42.9 Å². The maximum absolute atomic E-state index is 2.50. The first-order chi connectivity index (χ1) is 9.43. The standard InChI is InChI=1S/C20H44N/c1-17(2)11-14-21(9,15-12-18(3)4)16-19(5)10-13-20(6,7)8/h17-19H,10-16H2,1-9H3/q+1. The van der Waals surface area contributed by atoms with E-state index >= 15 is 0 Å². The fourth-order valence-electron chi connectivity index (χ4n) is 2.96. The van der Waals surface area contributed by atoms with Gasteiger partial charge in [-0.3, -0.25) is 0 Å². The van der Waals surface area contributed by atoms with Crippen molar-refractivity contribution in [1.29, 1.82) is 0 Å². The minimum absolute atomic E-state index is 0.480. The molecular weight excluding hydrogens is 254 g/mol. The lowest BCUT2D eigenvalue weighted by Gasteiger charge is -2.38. The van der Waals surface area contributed by atoms with E-state index in [-0.39, 0.29) is 0 Å². The lowest BCUT2D eigenvalue weighted by atomic mass is 9.87. The summed E-state index contributed by atoms with van der Waals surface area (Å²) in [6.07, 6.45) is 5.45. The first-order valence-corrected chi connectivity index (χ1v) is 9.27. The van der Waals surface area contributed by atoms with Gasteiger partial charge in [0, 0.05) is 5.92 Å². The smallest absolute Gasteiger partial charge is 0.0810 e. The Labute approximate surface area is 136 Å². The molecule has 0 rings (SSSR count). The minimum Gasteiger partial charge on any atom is -0.326 e. The summed E-state index contributed by atoms with van der Waals surface area (Å²) in [5, 5.41) is 0. The second-order valence-corrected chi connectivity index (χ2v) is 9.82. The van der Waals surface area contributed by atoms with E-state index in [4.69, 9.17) is 0 Å². The van der Waals surface area contributed by atoms with Crippen molar-refractivity contribution >= 4 is 0 Å². The summed E-state index contributed by atoms with van der Waals surface area (Å²) in [5.74, 6) is 2.49. The van der Waals surface area contributed by atoms with E-state index in [0.29, 0.717) is 5.41 Å². The lowest BCUT2D eigenvalue weighted by molar-refractivity contribution is -0.913. The molecule has 0 bridgehead atoms. The highest BCUT2D eigenvalue weighted by Crippen LogP contribution is 2.25. The summed E-state index contributed by atoms with van der Waals surface area (Å²) < 4.78 is 1.28. The summed E-state index contributed by atoms with van der Waals surface area (Å²) in [7, 11) is 2.50. The third-order valence-electron chi connectivity index (χ3n) is 4.63. The maximum Gasteiger partial charge on any atom is 0.0810 e. The molecule has 1 heteroatoms. The van der Waals surface area contributed by atoms with Gasteiger partial charge < -0.3 is 4.48 Å². The van der Waals surface area contributed by atoms with Crippen LogP contribution in [0.1, 0.15) is 81.1 Å². The molecule has 0 heterocycles. The molecule has 0 radical (unpaired) electrons. The van der Waals surface area contributed by atoms with Crippen LogP contribution in [0.25, 0.3) is 0 Å². The molecule has 0 saturated carbocycles. The molecule has 0 aliphatic rings. The fourth-order valence-corrected chi connectivity index (χ4v) is 2.96. The summed E-state index contributed by atoms with van der Waals surface area (Å²) >= 11 is 0. The van der Waals surface area contributed by atoms with Crippen LogP contribution < -0.4 is 0 Å². The predicted molar refractivity (Wildman–Crippen MR) is 97.5 cm³/mol. The molecule has 0 N–H and O–H groups in total. The molecule has 0 aromatic carbocycles. The van der Waals surface area contributed by atoms with Crippen LogP contribution in [-0.2, 0) is 0 Å². The maximum atomic E-state index is 2.50. The van der Waals surface area contributed by atoms with Crippen LogP contribution in [-0.4, -0.2) is 31.2 Å². The second kappa shape index (κ2) is 9.18. The molecular formula is C20H44N+. The largest absolute Gasteiger partial charge is 0.326 e. The quantitative estimate of drug-likeness (QED) is 0.435. The zero-order chi connectivity index (χ0) is 16.7. The van der Waals surface area contributed by atoms with E-state index in [9.17, 15) is 0 Å². The molecule has 0 aromatic rings. The SMILES string of the molecule is CC(C)CC[N+](C)(CCC(C)C)CC(C)CCC(C)(C)C. The van der Waals surface area contributed by atoms with E-state index in [1.165, 1.54) is 49.8 Å². The van der Waals surface area contributed by atoms with Gasteiger partial charge in [-0.15, -0.1) is 0 Å².